The number of fused-ring (bicyclic) bond motifs is 3. The minimum absolute atomic E-state index is 0.135. The summed E-state index contributed by atoms with van der Waals surface area (Å²) in [6, 6.07) is 13.5. The van der Waals surface area contributed by atoms with Gasteiger partial charge in [-0.2, -0.15) is 0 Å². The molecule has 31 heavy (non-hydrogen) atoms. The van der Waals surface area contributed by atoms with Gasteiger partial charge in [-0.1, -0.05) is 37.7 Å². The number of nitrogens with one attached hydrogen (secondary N) is 1. The Kier molecular flexibility index (Phi) is 5.60. The van der Waals surface area contributed by atoms with E-state index in [1.54, 1.807) is 40.8 Å². The number of rotatable bonds is 5. The van der Waals surface area contributed by atoms with Crippen LogP contribution in [0, 0.1) is 0 Å². The Bertz CT molecular complexity index is 1220. The van der Waals surface area contributed by atoms with Crippen molar-refractivity contribution >= 4 is 29.3 Å². The summed E-state index contributed by atoms with van der Waals surface area (Å²) in [5.41, 5.74) is 2.07. The van der Waals surface area contributed by atoms with E-state index in [4.69, 9.17) is 0 Å². The van der Waals surface area contributed by atoms with Crippen molar-refractivity contribution in [2.75, 3.05) is 10.7 Å². The molecule has 1 aromatic heterocycles. The van der Waals surface area contributed by atoms with Crippen molar-refractivity contribution in [3.05, 3.63) is 70.0 Å². The summed E-state index contributed by atoms with van der Waals surface area (Å²) in [6.07, 6.45) is -0.466. The smallest absolute Gasteiger partial charge is 0.335 e. The van der Waals surface area contributed by atoms with E-state index in [-0.39, 0.29) is 23.5 Å². The van der Waals surface area contributed by atoms with Gasteiger partial charge in [0.05, 0.1) is 16.8 Å². The maximum Gasteiger partial charge on any atom is 0.335 e. The monoisotopic (exact) mass is 437 g/mol. The van der Waals surface area contributed by atoms with Crippen LogP contribution >= 0.6 is 11.8 Å². The van der Waals surface area contributed by atoms with Gasteiger partial charge in [-0.05, 0) is 46.8 Å². The SMILES string of the molecule is CCSc1n[n+]2c(c(=O)[nH]1)-c1ccccc1N(C(=O)CC)C2c1ccc(C(=O)O)cc1. The molecule has 3 aromatic rings. The zero-order chi connectivity index (χ0) is 22.1. The topological polar surface area (TPSA) is 107 Å². The van der Waals surface area contributed by atoms with E-state index in [0.717, 1.165) is 0 Å². The molecule has 8 nitrogen and oxygen atoms in total. The quantitative estimate of drug-likeness (QED) is 0.470. The van der Waals surface area contributed by atoms with Crippen molar-refractivity contribution in [3.63, 3.8) is 0 Å². The fourth-order valence-electron chi connectivity index (χ4n) is 3.71. The third-order valence-electron chi connectivity index (χ3n) is 5.07. The summed E-state index contributed by atoms with van der Waals surface area (Å²) < 4.78 is 1.57. The number of aromatic carboxylic acids is 1. The zero-order valence-corrected chi connectivity index (χ0v) is 17.8. The van der Waals surface area contributed by atoms with E-state index in [1.807, 2.05) is 19.1 Å². The van der Waals surface area contributed by atoms with E-state index >= 15 is 0 Å². The molecule has 0 bridgehead atoms. The number of hydrogen-bond donors (Lipinski definition) is 2. The van der Waals surface area contributed by atoms with E-state index in [2.05, 4.69) is 10.1 Å². The lowest BCUT2D eigenvalue weighted by molar-refractivity contribution is -0.763. The molecule has 1 atom stereocenters. The first-order valence-electron chi connectivity index (χ1n) is 9.89. The van der Waals surface area contributed by atoms with Crippen LogP contribution < -0.4 is 15.1 Å². The van der Waals surface area contributed by atoms with E-state index in [9.17, 15) is 19.5 Å². The maximum absolute atomic E-state index is 13.1. The predicted molar refractivity (Wildman–Crippen MR) is 116 cm³/mol. The molecule has 2 aromatic carbocycles. The van der Waals surface area contributed by atoms with Crippen molar-refractivity contribution in [2.45, 2.75) is 31.6 Å². The zero-order valence-electron chi connectivity index (χ0n) is 17.0. The molecule has 0 radical (unpaired) electrons. The highest BCUT2D eigenvalue weighted by molar-refractivity contribution is 7.99. The largest absolute Gasteiger partial charge is 0.478 e. The minimum Gasteiger partial charge on any atom is -0.478 e. The highest BCUT2D eigenvalue weighted by Gasteiger charge is 2.45. The highest BCUT2D eigenvalue weighted by atomic mass is 32.2. The van der Waals surface area contributed by atoms with E-state index in [1.165, 1.54) is 23.9 Å². The van der Waals surface area contributed by atoms with Gasteiger partial charge in [-0.3, -0.25) is 14.6 Å². The number of para-hydroxylation sites is 1. The second-order valence-electron chi connectivity index (χ2n) is 6.92. The Morgan fingerprint density at radius 2 is 1.87 bits per heavy atom. The molecule has 1 aliphatic rings. The van der Waals surface area contributed by atoms with E-state index < -0.39 is 12.1 Å². The van der Waals surface area contributed by atoms with Crippen molar-refractivity contribution in [2.24, 2.45) is 0 Å². The van der Waals surface area contributed by atoms with Crippen LogP contribution in [0.25, 0.3) is 11.3 Å². The van der Waals surface area contributed by atoms with Gasteiger partial charge in [0.2, 0.25) is 11.1 Å². The summed E-state index contributed by atoms with van der Waals surface area (Å²) in [5, 5.41) is 14.4. The molecule has 158 valence electrons. The number of carbonyl (C=O) groups excluding carboxylic acids is 1. The lowest BCUT2D eigenvalue weighted by atomic mass is 10.0. The number of carbonyl (C=O) groups is 2. The fraction of sp³-hybridized carbons (Fsp3) is 0.227. The van der Waals surface area contributed by atoms with Crippen molar-refractivity contribution in [1.29, 1.82) is 0 Å². The lowest BCUT2D eigenvalue weighted by Crippen LogP contribution is -2.60. The summed E-state index contributed by atoms with van der Waals surface area (Å²) in [4.78, 5) is 41.9. The number of aromatic amines is 1. The molecule has 0 saturated heterocycles. The van der Waals surface area contributed by atoms with E-state index in [0.29, 0.717) is 33.4 Å². The van der Waals surface area contributed by atoms with Crippen LogP contribution in [-0.4, -0.2) is 32.8 Å². The normalized spacial score (nSPS) is 14.6. The molecule has 9 heteroatoms. The number of nitrogens with zero attached hydrogens (tertiary/aromatic N) is 3. The third kappa shape index (κ3) is 3.61. The molecule has 1 unspecified atom stereocenters. The minimum atomic E-state index is -1.04. The van der Waals surface area contributed by atoms with Gasteiger partial charge in [-0.25, -0.2) is 9.69 Å². The lowest BCUT2D eigenvalue weighted by Gasteiger charge is -2.32. The molecule has 0 spiro atoms. The summed E-state index contributed by atoms with van der Waals surface area (Å²) >= 11 is 1.39. The Morgan fingerprint density at radius 1 is 1.16 bits per heavy atom. The number of carboxylic acids is 1. The maximum atomic E-state index is 13.1. The molecule has 2 N–H and O–H groups in total. The average molecular weight is 438 g/mol. The Morgan fingerprint density at radius 3 is 2.52 bits per heavy atom. The standard InChI is InChI=1S/C22H20N4O4S/c1-3-17(27)25-16-8-6-5-7-15(16)18-19(28)23-22(31-4-2)24-26(18)20(25)13-9-11-14(12-10-13)21(29)30/h5-12,20H,3-4H2,1-2H3,(H-,23,24,28,29,30)/p+1. The van der Waals surface area contributed by atoms with Gasteiger partial charge >= 0.3 is 17.2 Å². The summed E-state index contributed by atoms with van der Waals surface area (Å²) in [6.45, 7) is 3.73. The van der Waals surface area contributed by atoms with Crippen molar-refractivity contribution in [1.82, 2.24) is 10.1 Å². The van der Waals surface area contributed by atoms with Crippen LogP contribution in [0.4, 0.5) is 5.69 Å². The molecular formula is C22H21N4O4S+. The molecule has 1 amide bonds. The van der Waals surface area contributed by atoms with Gasteiger partial charge in [0, 0.05) is 17.1 Å². The van der Waals surface area contributed by atoms with Crippen LogP contribution in [0.15, 0.2) is 58.5 Å². The number of hydrogen-bond acceptors (Lipinski definition) is 5. The number of aromatic nitrogens is 3. The second kappa shape index (κ2) is 8.35. The average Bonchev–Trinajstić information content (AvgIpc) is 2.77. The number of thioether (sulfide) groups is 1. The van der Waals surface area contributed by atoms with Gasteiger partial charge in [-0.15, -0.1) is 0 Å². The summed E-state index contributed by atoms with van der Waals surface area (Å²) in [5.74, 6) is -0.454. The van der Waals surface area contributed by atoms with Gasteiger partial charge < -0.3 is 5.11 Å². The van der Waals surface area contributed by atoms with Crippen molar-refractivity contribution < 1.29 is 19.4 Å². The summed E-state index contributed by atoms with van der Waals surface area (Å²) in [7, 11) is 0. The van der Waals surface area contributed by atoms with Gasteiger partial charge in [0.25, 0.3) is 6.17 Å². The molecule has 4 rings (SSSR count). The predicted octanol–water partition coefficient (Wildman–Crippen LogP) is 2.84. The molecular weight excluding hydrogens is 416 g/mol. The fourth-order valence-corrected chi connectivity index (χ4v) is 4.30. The van der Waals surface area contributed by atoms with Crippen molar-refractivity contribution in [3.8, 4) is 11.3 Å². The van der Waals surface area contributed by atoms with Crippen LogP contribution in [0.5, 0.6) is 0 Å². The second-order valence-corrected chi connectivity index (χ2v) is 8.17. The Balaban J connectivity index is 2.02. The number of amides is 1. The molecule has 0 fully saturated rings. The Labute approximate surface area is 182 Å². The third-order valence-corrected chi connectivity index (χ3v) is 5.81. The molecule has 0 aliphatic carbocycles. The number of H-pyrrole nitrogens is 1. The van der Waals surface area contributed by atoms with Crippen LogP contribution in [-0.2, 0) is 4.79 Å². The number of carboxylic acid groups (broad SMARTS) is 1. The first-order chi connectivity index (χ1) is 15.0. The van der Waals surface area contributed by atoms with Crippen LogP contribution in [0.2, 0.25) is 0 Å². The molecule has 0 saturated carbocycles. The number of benzene rings is 2. The van der Waals surface area contributed by atoms with Gasteiger partial charge in [0.1, 0.15) is 0 Å². The highest BCUT2D eigenvalue weighted by Crippen LogP contribution is 2.37. The van der Waals surface area contributed by atoms with Gasteiger partial charge in [0.15, 0.2) is 0 Å². The number of anilines is 1. The van der Waals surface area contributed by atoms with Crippen LogP contribution in [0.3, 0.4) is 0 Å². The molecule has 1 aliphatic heterocycles. The molecule has 2 heterocycles. The Hall–Kier alpha value is -3.46. The first-order valence-corrected chi connectivity index (χ1v) is 10.9. The van der Waals surface area contributed by atoms with Crippen LogP contribution in [0.1, 0.15) is 42.4 Å². The first kappa shape index (κ1) is 20.8.